The number of rotatable bonds is 3. The van der Waals surface area contributed by atoms with Gasteiger partial charge in [-0.15, -0.1) is 0 Å². The smallest absolute Gasteiger partial charge is 0.320 e. The van der Waals surface area contributed by atoms with Crippen molar-refractivity contribution in [2.75, 3.05) is 32.9 Å². The van der Waals surface area contributed by atoms with E-state index in [0.717, 1.165) is 32.6 Å². The van der Waals surface area contributed by atoms with E-state index in [9.17, 15) is 9.90 Å². The summed E-state index contributed by atoms with van der Waals surface area (Å²) < 4.78 is 11.2. The Bertz CT molecular complexity index is 270. The lowest BCUT2D eigenvalue weighted by Crippen LogP contribution is -2.58. The Labute approximate surface area is 102 Å². The Morgan fingerprint density at radius 3 is 2.71 bits per heavy atom. The first-order chi connectivity index (χ1) is 8.17. The highest BCUT2D eigenvalue weighted by Gasteiger charge is 2.41. The van der Waals surface area contributed by atoms with E-state index in [1.54, 1.807) is 0 Å². The molecule has 5 nitrogen and oxygen atoms in total. The van der Waals surface area contributed by atoms with E-state index in [-0.39, 0.29) is 11.6 Å². The molecular weight excluding hydrogens is 222 g/mol. The Morgan fingerprint density at radius 1 is 1.41 bits per heavy atom. The largest absolute Gasteiger partial charge is 0.480 e. The summed E-state index contributed by atoms with van der Waals surface area (Å²) in [5.74, 6) is -0.725. The predicted molar refractivity (Wildman–Crippen MR) is 62.0 cm³/mol. The number of carboxylic acid groups (broad SMARTS) is 1. The molecule has 2 aliphatic rings. The lowest BCUT2D eigenvalue weighted by molar-refractivity contribution is -0.170. The molecule has 1 spiro atoms. The van der Waals surface area contributed by atoms with E-state index >= 15 is 0 Å². The molecule has 2 aliphatic heterocycles. The van der Waals surface area contributed by atoms with Crippen LogP contribution in [-0.4, -0.2) is 60.5 Å². The molecule has 1 unspecified atom stereocenters. The average Bonchev–Trinajstić information content (AvgIpc) is 2.30. The van der Waals surface area contributed by atoms with Crippen LogP contribution in [0.25, 0.3) is 0 Å². The molecule has 17 heavy (non-hydrogen) atoms. The van der Waals surface area contributed by atoms with E-state index in [4.69, 9.17) is 9.47 Å². The first-order valence-electron chi connectivity index (χ1n) is 6.35. The van der Waals surface area contributed by atoms with E-state index in [1.165, 1.54) is 0 Å². The van der Waals surface area contributed by atoms with E-state index in [0.29, 0.717) is 19.6 Å². The third kappa shape index (κ3) is 2.78. The molecule has 2 saturated heterocycles. The maximum atomic E-state index is 11.2. The average molecular weight is 243 g/mol. The maximum Gasteiger partial charge on any atom is 0.320 e. The number of carboxylic acids is 1. The second-order valence-electron chi connectivity index (χ2n) is 4.88. The van der Waals surface area contributed by atoms with Crippen molar-refractivity contribution in [2.45, 2.75) is 37.8 Å². The van der Waals surface area contributed by atoms with Crippen LogP contribution in [0.5, 0.6) is 0 Å². The van der Waals surface area contributed by atoms with Gasteiger partial charge in [-0.1, -0.05) is 6.92 Å². The Morgan fingerprint density at radius 2 is 2.12 bits per heavy atom. The molecule has 2 fully saturated rings. The highest BCUT2D eigenvalue weighted by atomic mass is 16.5. The molecule has 0 aromatic carbocycles. The SMILES string of the molecule is CCC(C(=O)O)N1CCOC2(CCOCC2)C1. The molecule has 2 rings (SSSR count). The summed E-state index contributed by atoms with van der Waals surface area (Å²) in [7, 11) is 0. The fraction of sp³-hybridized carbons (Fsp3) is 0.917. The van der Waals surface area contributed by atoms with Crippen LogP contribution in [0.15, 0.2) is 0 Å². The molecule has 1 atom stereocenters. The van der Waals surface area contributed by atoms with Gasteiger partial charge in [-0.05, 0) is 6.42 Å². The maximum absolute atomic E-state index is 11.2. The Hall–Kier alpha value is -0.650. The number of nitrogens with zero attached hydrogens (tertiary/aromatic N) is 1. The fourth-order valence-corrected chi connectivity index (χ4v) is 2.78. The molecule has 0 saturated carbocycles. The van der Waals surface area contributed by atoms with Gasteiger partial charge in [0.1, 0.15) is 6.04 Å². The Kier molecular flexibility index (Phi) is 4.01. The molecule has 98 valence electrons. The van der Waals surface area contributed by atoms with Crippen LogP contribution < -0.4 is 0 Å². The van der Waals surface area contributed by atoms with Gasteiger partial charge in [-0.2, -0.15) is 0 Å². The van der Waals surface area contributed by atoms with Crippen molar-refractivity contribution in [3.63, 3.8) is 0 Å². The first kappa shape index (κ1) is 12.8. The van der Waals surface area contributed by atoms with Crippen molar-refractivity contribution >= 4 is 5.97 Å². The summed E-state index contributed by atoms with van der Waals surface area (Å²) in [6.07, 6.45) is 2.39. The predicted octanol–water partition coefficient (Wildman–Crippen LogP) is 0.731. The number of aliphatic carboxylic acids is 1. The second kappa shape index (κ2) is 5.33. The third-order valence-electron chi connectivity index (χ3n) is 3.79. The quantitative estimate of drug-likeness (QED) is 0.792. The normalized spacial score (nSPS) is 26.9. The molecule has 1 N–H and O–H groups in total. The van der Waals surface area contributed by atoms with Crippen LogP contribution in [0.4, 0.5) is 0 Å². The van der Waals surface area contributed by atoms with Crippen molar-refractivity contribution in [3.8, 4) is 0 Å². The number of hydrogen-bond donors (Lipinski definition) is 1. The zero-order valence-corrected chi connectivity index (χ0v) is 10.4. The first-order valence-corrected chi connectivity index (χ1v) is 6.35. The van der Waals surface area contributed by atoms with Crippen LogP contribution in [0.3, 0.4) is 0 Å². The summed E-state index contributed by atoms with van der Waals surface area (Å²) in [5, 5.41) is 9.21. The number of carbonyl (C=O) groups is 1. The van der Waals surface area contributed by atoms with Crippen LogP contribution in [-0.2, 0) is 14.3 Å². The second-order valence-corrected chi connectivity index (χ2v) is 4.88. The van der Waals surface area contributed by atoms with Crippen molar-refractivity contribution in [1.29, 1.82) is 0 Å². The van der Waals surface area contributed by atoms with Gasteiger partial charge in [0.2, 0.25) is 0 Å². The molecule has 0 aliphatic carbocycles. The monoisotopic (exact) mass is 243 g/mol. The lowest BCUT2D eigenvalue weighted by Gasteiger charge is -2.46. The van der Waals surface area contributed by atoms with Gasteiger partial charge in [0.25, 0.3) is 0 Å². The molecule has 5 heteroatoms. The Balaban J connectivity index is 2.02. The zero-order chi connectivity index (χ0) is 12.3. The third-order valence-corrected chi connectivity index (χ3v) is 3.79. The number of ether oxygens (including phenoxy) is 2. The fourth-order valence-electron chi connectivity index (χ4n) is 2.78. The molecule has 0 aromatic heterocycles. The van der Waals surface area contributed by atoms with E-state index in [2.05, 4.69) is 4.90 Å². The van der Waals surface area contributed by atoms with Crippen molar-refractivity contribution < 1.29 is 19.4 Å². The van der Waals surface area contributed by atoms with Gasteiger partial charge in [0, 0.05) is 39.1 Å². The molecule has 0 bridgehead atoms. The summed E-state index contributed by atoms with van der Waals surface area (Å²) >= 11 is 0. The minimum Gasteiger partial charge on any atom is -0.480 e. The number of morpholine rings is 1. The molecule has 0 amide bonds. The summed E-state index contributed by atoms with van der Waals surface area (Å²) in [5.41, 5.74) is -0.167. The summed E-state index contributed by atoms with van der Waals surface area (Å²) in [6, 6.07) is -0.376. The minimum atomic E-state index is -0.725. The highest BCUT2D eigenvalue weighted by Crippen LogP contribution is 2.30. The molecule has 2 heterocycles. The number of hydrogen-bond acceptors (Lipinski definition) is 4. The van der Waals surface area contributed by atoms with Crippen molar-refractivity contribution in [1.82, 2.24) is 4.90 Å². The van der Waals surface area contributed by atoms with Gasteiger partial charge in [0.15, 0.2) is 0 Å². The van der Waals surface area contributed by atoms with Crippen molar-refractivity contribution in [2.24, 2.45) is 0 Å². The van der Waals surface area contributed by atoms with Crippen LogP contribution in [0, 0.1) is 0 Å². The van der Waals surface area contributed by atoms with E-state index < -0.39 is 5.97 Å². The molecular formula is C12H21NO4. The summed E-state index contributed by atoms with van der Waals surface area (Å²) in [4.78, 5) is 13.2. The summed E-state index contributed by atoms with van der Waals surface area (Å²) in [6.45, 7) is 5.43. The standard InChI is InChI=1S/C12H21NO4/c1-2-10(11(14)15)13-5-8-17-12(9-13)3-6-16-7-4-12/h10H,2-9H2,1H3,(H,14,15). The van der Waals surface area contributed by atoms with Gasteiger partial charge in [-0.25, -0.2) is 0 Å². The van der Waals surface area contributed by atoms with Crippen LogP contribution in [0.2, 0.25) is 0 Å². The lowest BCUT2D eigenvalue weighted by atomic mass is 9.91. The minimum absolute atomic E-state index is 0.167. The van der Waals surface area contributed by atoms with E-state index in [1.807, 2.05) is 6.92 Å². The van der Waals surface area contributed by atoms with Gasteiger partial charge in [-0.3, -0.25) is 9.69 Å². The van der Waals surface area contributed by atoms with Gasteiger partial charge in [0.05, 0.1) is 12.2 Å². The molecule has 0 radical (unpaired) electrons. The topological polar surface area (TPSA) is 59.0 Å². The molecule has 0 aromatic rings. The van der Waals surface area contributed by atoms with Crippen molar-refractivity contribution in [3.05, 3.63) is 0 Å². The van der Waals surface area contributed by atoms with Crippen LogP contribution in [0.1, 0.15) is 26.2 Å². The highest BCUT2D eigenvalue weighted by molar-refractivity contribution is 5.73. The van der Waals surface area contributed by atoms with Gasteiger partial charge < -0.3 is 14.6 Å². The zero-order valence-electron chi connectivity index (χ0n) is 10.4. The van der Waals surface area contributed by atoms with Crippen LogP contribution >= 0.6 is 0 Å². The van der Waals surface area contributed by atoms with Gasteiger partial charge >= 0.3 is 5.97 Å².